The summed E-state index contributed by atoms with van der Waals surface area (Å²) in [7, 11) is 0.680. The summed E-state index contributed by atoms with van der Waals surface area (Å²) in [4.78, 5) is 0. The van der Waals surface area contributed by atoms with E-state index in [9.17, 15) is 10.2 Å². The van der Waals surface area contributed by atoms with Gasteiger partial charge in [-0.2, -0.15) is 0 Å². The molecule has 0 amide bonds. The third kappa shape index (κ3) is 9.93. The van der Waals surface area contributed by atoms with Gasteiger partial charge in [0.1, 0.15) is 11.5 Å². The molecule has 0 aromatic heterocycles. The molecule has 0 aliphatic rings. The maximum Gasteiger partial charge on any atom is 0.118 e. The predicted molar refractivity (Wildman–Crippen MR) is 248 cm³/mol. The summed E-state index contributed by atoms with van der Waals surface area (Å²) < 4.78 is 0. The first-order valence-corrected chi connectivity index (χ1v) is 22.7. The first-order chi connectivity index (χ1) is 29.6. The largest absolute Gasteiger partial charge is 0.508 e. The Balaban J connectivity index is 1.06. The first-order valence-electron chi connectivity index (χ1n) is 20.5. The van der Waals surface area contributed by atoms with Crippen LogP contribution < -0.4 is 21.0 Å². The Hall–Kier alpha value is -6.29. The third-order valence-electron chi connectivity index (χ3n) is 11.0. The summed E-state index contributed by atoms with van der Waals surface area (Å²) in [5, 5.41) is 33.5. The molecule has 4 nitrogen and oxygen atoms in total. The van der Waals surface area contributed by atoms with Gasteiger partial charge in [-0.05, 0) is 43.8 Å². The van der Waals surface area contributed by atoms with Crippen molar-refractivity contribution >= 4 is 29.4 Å². The monoisotopic (exact) mass is 812 g/mol. The van der Waals surface area contributed by atoms with Gasteiger partial charge in [-0.1, -0.05) is 218 Å². The second kappa shape index (κ2) is 20.1. The van der Waals surface area contributed by atoms with Crippen molar-refractivity contribution in [2.24, 2.45) is 0 Å². The quantitative estimate of drug-likeness (QED) is 0.0692. The van der Waals surface area contributed by atoms with Crippen molar-refractivity contribution in [3.05, 3.63) is 263 Å². The number of phenolic OH excluding ortho intramolecular Hbond substituents is 2. The van der Waals surface area contributed by atoms with E-state index in [2.05, 4.69) is 180 Å². The van der Waals surface area contributed by atoms with E-state index in [4.69, 9.17) is 0 Å². The minimum Gasteiger partial charge on any atom is -0.508 e. The third-order valence-corrected chi connectivity index (χ3v) is 14.4. The summed E-state index contributed by atoms with van der Waals surface area (Å²) >= 11 is 0. The van der Waals surface area contributed by atoms with E-state index in [0.29, 0.717) is 43.6 Å². The molecule has 0 saturated heterocycles. The van der Waals surface area contributed by atoms with E-state index in [1.165, 1.54) is 22.3 Å². The van der Waals surface area contributed by atoms with Gasteiger partial charge in [-0.15, -0.1) is 0 Å². The standard InChI is InChI=1S/C54H48N2O2Si2/c57-51-45(33-19-35-47(51)59-53(41-25-11-3-12-26-41)42-27-13-4-14-28-42)37-55-49(39-21-7-1-8-22-39)50(40-23-9-2-10-24-40)56-38-46-34-20-36-48(52(46)58)60-54(43-29-15-5-16-30-43)44-31-17-6-18-32-44/h1-36,49-50,53-58H,37-38H2/t49-,50-/m1/s1. The molecule has 8 aromatic rings. The summed E-state index contributed by atoms with van der Waals surface area (Å²) in [6.45, 7) is 0.913. The van der Waals surface area contributed by atoms with Gasteiger partial charge in [0.2, 0.25) is 0 Å². The van der Waals surface area contributed by atoms with Crippen molar-refractivity contribution in [1.29, 1.82) is 0 Å². The summed E-state index contributed by atoms with van der Waals surface area (Å²) in [6, 6.07) is 75.2. The van der Waals surface area contributed by atoms with Crippen LogP contribution in [0.1, 0.15) is 67.7 Å². The lowest BCUT2D eigenvalue weighted by atomic mass is 9.92. The van der Waals surface area contributed by atoms with Gasteiger partial charge in [-0.3, -0.25) is 0 Å². The van der Waals surface area contributed by atoms with Crippen molar-refractivity contribution in [1.82, 2.24) is 10.6 Å². The lowest BCUT2D eigenvalue weighted by Gasteiger charge is -2.31. The summed E-state index contributed by atoms with van der Waals surface area (Å²) in [6.07, 6.45) is 0. The van der Waals surface area contributed by atoms with Crippen molar-refractivity contribution in [2.75, 3.05) is 0 Å². The molecule has 4 N–H and O–H groups in total. The van der Waals surface area contributed by atoms with Gasteiger partial charge in [0, 0.05) is 35.3 Å². The number of para-hydroxylation sites is 2. The molecule has 0 aliphatic carbocycles. The Labute approximate surface area is 359 Å². The zero-order chi connectivity index (χ0) is 40.9. The molecular weight excluding hydrogens is 765 g/mol. The maximum atomic E-state index is 11.9. The maximum absolute atomic E-state index is 11.9. The molecular formula is C54H48N2O2Si2. The molecule has 2 atom stereocenters. The fraction of sp³-hybridized carbons (Fsp3) is 0.111. The van der Waals surface area contributed by atoms with Gasteiger partial charge in [-0.25, -0.2) is 0 Å². The Morgan fingerprint density at radius 3 is 0.867 bits per heavy atom. The molecule has 8 rings (SSSR count). The molecule has 0 fully saturated rings. The zero-order valence-corrected chi connectivity index (χ0v) is 35.4. The normalized spacial score (nSPS) is 12.4. The highest BCUT2D eigenvalue weighted by atomic mass is 28.2. The van der Waals surface area contributed by atoms with Gasteiger partial charge in [0.25, 0.3) is 0 Å². The van der Waals surface area contributed by atoms with Crippen molar-refractivity contribution in [2.45, 2.75) is 36.3 Å². The second-order valence-electron chi connectivity index (χ2n) is 15.0. The number of nitrogens with one attached hydrogen (secondary N) is 2. The molecule has 0 saturated carbocycles. The molecule has 294 valence electrons. The lowest BCUT2D eigenvalue weighted by Crippen LogP contribution is -2.35. The van der Waals surface area contributed by atoms with Crippen LogP contribution in [-0.2, 0) is 13.1 Å². The fourth-order valence-corrected chi connectivity index (χ4v) is 11.0. The second-order valence-corrected chi connectivity index (χ2v) is 17.8. The highest BCUT2D eigenvalue weighted by molar-refractivity contribution is 6.57. The smallest absolute Gasteiger partial charge is 0.118 e. The van der Waals surface area contributed by atoms with Crippen LogP contribution in [-0.4, -0.2) is 29.3 Å². The van der Waals surface area contributed by atoms with Crippen molar-refractivity contribution in [3.63, 3.8) is 0 Å². The van der Waals surface area contributed by atoms with Crippen LogP contribution in [0.25, 0.3) is 0 Å². The van der Waals surface area contributed by atoms with Gasteiger partial charge < -0.3 is 20.8 Å². The Kier molecular flexibility index (Phi) is 13.6. The molecule has 8 aromatic carbocycles. The van der Waals surface area contributed by atoms with E-state index < -0.39 is 0 Å². The molecule has 0 unspecified atom stereocenters. The van der Waals surface area contributed by atoms with E-state index in [1.807, 2.05) is 48.5 Å². The molecule has 6 heteroatoms. The average molecular weight is 813 g/mol. The van der Waals surface area contributed by atoms with E-state index in [-0.39, 0.29) is 23.2 Å². The fourth-order valence-electron chi connectivity index (χ4n) is 7.93. The number of aromatic hydroxyl groups is 2. The first kappa shape index (κ1) is 40.5. The van der Waals surface area contributed by atoms with Crippen LogP contribution in [0.3, 0.4) is 0 Å². The van der Waals surface area contributed by atoms with Gasteiger partial charge in [0.05, 0.1) is 31.1 Å². The van der Waals surface area contributed by atoms with Crippen LogP contribution in [0.2, 0.25) is 0 Å². The minimum atomic E-state index is -0.173. The predicted octanol–water partition coefficient (Wildman–Crippen LogP) is 9.70. The zero-order valence-electron chi connectivity index (χ0n) is 33.4. The van der Waals surface area contributed by atoms with Crippen molar-refractivity contribution in [3.8, 4) is 11.5 Å². The highest BCUT2D eigenvalue weighted by Crippen LogP contribution is 2.32. The van der Waals surface area contributed by atoms with Crippen LogP contribution in [0.4, 0.5) is 0 Å². The van der Waals surface area contributed by atoms with E-state index >= 15 is 0 Å². The number of benzene rings is 8. The van der Waals surface area contributed by atoms with Crippen LogP contribution in [0.5, 0.6) is 11.5 Å². The molecule has 60 heavy (non-hydrogen) atoms. The van der Waals surface area contributed by atoms with E-state index in [0.717, 1.165) is 32.6 Å². The van der Waals surface area contributed by atoms with Gasteiger partial charge >= 0.3 is 0 Å². The van der Waals surface area contributed by atoms with Crippen LogP contribution >= 0.6 is 0 Å². The molecule has 0 bridgehead atoms. The molecule has 0 heterocycles. The Bertz CT molecular complexity index is 2270. The van der Waals surface area contributed by atoms with Crippen LogP contribution in [0.15, 0.2) is 218 Å². The summed E-state index contributed by atoms with van der Waals surface area (Å²) in [5.74, 6) is 0.672. The SMILES string of the molecule is Oc1c(CN[C@H](c2ccccc2)[C@H](NCc2cccc([Si]C(c3ccccc3)c3ccccc3)c2O)c2ccccc2)cccc1[Si]C(c1ccccc1)c1ccccc1. The molecule has 0 spiro atoms. The van der Waals surface area contributed by atoms with Crippen LogP contribution in [0, 0.1) is 0 Å². The number of hydrogen-bond donors (Lipinski definition) is 4. The van der Waals surface area contributed by atoms with Crippen molar-refractivity contribution < 1.29 is 10.2 Å². The lowest BCUT2D eigenvalue weighted by molar-refractivity contribution is 0.374. The van der Waals surface area contributed by atoms with Gasteiger partial charge in [0.15, 0.2) is 0 Å². The number of rotatable bonds is 17. The number of phenols is 2. The highest BCUT2D eigenvalue weighted by Gasteiger charge is 2.27. The summed E-state index contributed by atoms with van der Waals surface area (Å²) in [5.41, 5.74) is 9.13. The Morgan fingerprint density at radius 1 is 0.317 bits per heavy atom. The molecule has 4 radical (unpaired) electrons. The van der Waals surface area contributed by atoms with E-state index in [1.54, 1.807) is 0 Å². The topological polar surface area (TPSA) is 64.5 Å². The molecule has 0 aliphatic heterocycles. The minimum absolute atomic E-state index is 0.128. The number of hydrogen-bond acceptors (Lipinski definition) is 4. The Morgan fingerprint density at radius 2 is 0.583 bits per heavy atom. The average Bonchev–Trinajstić information content (AvgIpc) is 3.32.